The Bertz CT molecular complexity index is 571. The third-order valence-corrected chi connectivity index (χ3v) is 5.32. The number of aryl methyl sites for hydroxylation is 1. The summed E-state index contributed by atoms with van der Waals surface area (Å²) in [5.41, 5.74) is 2.49. The monoisotopic (exact) mass is 303 g/mol. The average Bonchev–Trinajstić information content (AvgIpc) is 2.93. The van der Waals surface area contributed by atoms with Gasteiger partial charge in [0.05, 0.1) is 19.1 Å². The Morgan fingerprint density at radius 3 is 3.00 bits per heavy atom. The Labute approximate surface area is 132 Å². The first-order valence-corrected chi connectivity index (χ1v) is 8.44. The number of ether oxygens (including phenoxy) is 2. The van der Waals surface area contributed by atoms with Crippen molar-refractivity contribution in [2.75, 3.05) is 13.2 Å². The van der Waals surface area contributed by atoms with Crippen molar-refractivity contribution in [3.05, 3.63) is 23.4 Å². The molecular formula is C18H25NO3. The second kappa shape index (κ2) is 5.90. The van der Waals surface area contributed by atoms with Crippen molar-refractivity contribution in [3.63, 3.8) is 0 Å². The number of esters is 1. The largest absolute Gasteiger partial charge is 0.478 e. The molecule has 1 aromatic rings. The predicted octanol–water partition coefficient (Wildman–Crippen LogP) is 3.27. The van der Waals surface area contributed by atoms with Crippen LogP contribution < -0.4 is 4.74 Å². The van der Waals surface area contributed by atoms with Gasteiger partial charge in [0.15, 0.2) is 0 Å². The van der Waals surface area contributed by atoms with E-state index in [1.807, 2.05) is 13.1 Å². The Kier molecular flexibility index (Phi) is 4.11. The first kappa shape index (κ1) is 15.3. The lowest BCUT2D eigenvalue weighted by atomic mass is 9.94. The zero-order chi connectivity index (χ0) is 15.7. The highest BCUT2D eigenvalue weighted by Crippen LogP contribution is 2.66. The molecule has 0 aromatic carbocycles. The molecule has 0 saturated heterocycles. The maximum absolute atomic E-state index is 12.2. The quantitative estimate of drug-likeness (QED) is 0.598. The summed E-state index contributed by atoms with van der Waals surface area (Å²) < 4.78 is 11.0. The van der Waals surface area contributed by atoms with Crippen molar-refractivity contribution in [1.29, 1.82) is 0 Å². The normalized spacial score (nSPS) is 28.5. The van der Waals surface area contributed by atoms with Gasteiger partial charge >= 0.3 is 5.97 Å². The van der Waals surface area contributed by atoms with Gasteiger partial charge in [-0.15, -0.1) is 0 Å². The van der Waals surface area contributed by atoms with Crippen molar-refractivity contribution in [3.8, 4) is 5.88 Å². The van der Waals surface area contributed by atoms with E-state index >= 15 is 0 Å². The summed E-state index contributed by atoms with van der Waals surface area (Å²) in [6.07, 6.45) is 6.09. The number of hydrogen-bond acceptors (Lipinski definition) is 4. The fourth-order valence-electron chi connectivity index (χ4n) is 4.05. The summed E-state index contributed by atoms with van der Waals surface area (Å²) in [7, 11) is 0. The van der Waals surface area contributed by atoms with Crippen LogP contribution in [0, 0.1) is 11.8 Å². The van der Waals surface area contributed by atoms with Crippen LogP contribution in [0.4, 0.5) is 0 Å². The number of pyridine rings is 1. The van der Waals surface area contributed by atoms with Crippen LogP contribution in [0.15, 0.2) is 12.3 Å². The average molecular weight is 303 g/mol. The fourth-order valence-corrected chi connectivity index (χ4v) is 4.05. The van der Waals surface area contributed by atoms with Gasteiger partial charge < -0.3 is 9.47 Å². The van der Waals surface area contributed by atoms with Crippen LogP contribution in [0.25, 0.3) is 0 Å². The lowest BCUT2D eigenvalue weighted by Crippen LogP contribution is -2.15. The van der Waals surface area contributed by atoms with Crippen LogP contribution in [-0.2, 0) is 21.4 Å². The number of rotatable bonds is 6. The van der Waals surface area contributed by atoms with E-state index < -0.39 is 0 Å². The molecule has 0 N–H and O–H groups in total. The second-order valence-electron chi connectivity index (χ2n) is 6.44. The Morgan fingerprint density at radius 2 is 2.27 bits per heavy atom. The highest BCUT2D eigenvalue weighted by Gasteiger charge is 2.68. The van der Waals surface area contributed by atoms with Gasteiger partial charge in [0, 0.05) is 17.7 Å². The van der Waals surface area contributed by atoms with Gasteiger partial charge in [0.1, 0.15) is 0 Å². The molecule has 4 heteroatoms. The Balaban J connectivity index is 1.82. The van der Waals surface area contributed by atoms with Crippen LogP contribution in [-0.4, -0.2) is 24.2 Å². The minimum absolute atomic E-state index is 0.000378. The van der Waals surface area contributed by atoms with Crippen molar-refractivity contribution in [1.82, 2.24) is 4.98 Å². The van der Waals surface area contributed by atoms with Gasteiger partial charge in [0.2, 0.25) is 5.88 Å². The Morgan fingerprint density at radius 1 is 1.45 bits per heavy atom. The van der Waals surface area contributed by atoms with E-state index in [-0.39, 0.29) is 17.3 Å². The van der Waals surface area contributed by atoms with Crippen LogP contribution >= 0.6 is 0 Å². The van der Waals surface area contributed by atoms with Gasteiger partial charge in [-0.05, 0) is 43.2 Å². The molecular weight excluding hydrogens is 278 g/mol. The standard InChI is InChI=1S/C18H25NO3/c1-4-6-9-22-15-10-14-13(11-19-15)7-8-18(14)12(3)16(18)17(20)21-5-2/h10-12,16H,4-9H2,1-3H3/t12-,16?,18?/m0/s1. The minimum atomic E-state index is -0.0480. The lowest BCUT2D eigenvalue weighted by molar-refractivity contribution is -0.145. The molecule has 120 valence electrons. The highest BCUT2D eigenvalue weighted by molar-refractivity contribution is 5.81. The van der Waals surface area contributed by atoms with Crippen molar-refractivity contribution in [2.45, 2.75) is 51.9 Å². The molecule has 1 spiro atoms. The summed E-state index contributed by atoms with van der Waals surface area (Å²) in [5, 5.41) is 0. The molecule has 2 aliphatic carbocycles. The second-order valence-corrected chi connectivity index (χ2v) is 6.44. The highest BCUT2D eigenvalue weighted by atomic mass is 16.5. The third-order valence-electron chi connectivity index (χ3n) is 5.32. The fraction of sp³-hybridized carbons (Fsp3) is 0.667. The number of carbonyl (C=O) groups excluding carboxylic acids is 1. The summed E-state index contributed by atoms with van der Waals surface area (Å²) in [5.74, 6) is 0.988. The molecule has 0 aliphatic heterocycles. The lowest BCUT2D eigenvalue weighted by Gasteiger charge is -2.13. The maximum atomic E-state index is 12.2. The van der Waals surface area contributed by atoms with E-state index in [9.17, 15) is 4.79 Å². The zero-order valence-electron chi connectivity index (χ0n) is 13.7. The number of aromatic nitrogens is 1. The van der Waals surface area contributed by atoms with Crippen LogP contribution in [0.2, 0.25) is 0 Å². The SMILES string of the molecule is CCCCOc1cc2c(cn1)CCC21C(C(=O)OCC)[C@@H]1C. The third kappa shape index (κ3) is 2.29. The molecule has 1 saturated carbocycles. The molecule has 0 bridgehead atoms. The molecule has 0 radical (unpaired) electrons. The van der Waals surface area contributed by atoms with E-state index in [0.29, 0.717) is 25.0 Å². The molecule has 0 amide bonds. The van der Waals surface area contributed by atoms with Crippen molar-refractivity contribution in [2.24, 2.45) is 11.8 Å². The number of carbonyl (C=O) groups is 1. The van der Waals surface area contributed by atoms with Crippen LogP contribution in [0.1, 0.15) is 51.2 Å². The van der Waals surface area contributed by atoms with E-state index in [1.54, 1.807) is 0 Å². The summed E-state index contributed by atoms with van der Waals surface area (Å²) in [6.45, 7) is 7.32. The molecule has 1 fully saturated rings. The number of hydrogen-bond donors (Lipinski definition) is 0. The van der Waals surface area contributed by atoms with E-state index in [4.69, 9.17) is 9.47 Å². The topological polar surface area (TPSA) is 48.4 Å². The van der Waals surface area contributed by atoms with Gasteiger partial charge in [-0.25, -0.2) is 4.98 Å². The first-order chi connectivity index (χ1) is 10.6. The smallest absolute Gasteiger partial charge is 0.310 e. The minimum Gasteiger partial charge on any atom is -0.478 e. The molecule has 4 nitrogen and oxygen atoms in total. The number of fused-ring (bicyclic) bond motifs is 2. The van der Waals surface area contributed by atoms with Crippen LogP contribution in [0.5, 0.6) is 5.88 Å². The van der Waals surface area contributed by atoms with Crippen molar-refractivity contribution >= 4 is 5.97 Å². The maximum Gasteiger partial charge on any atom is 0.310 e. The molecule has 2 unspecified atom stereocenters. The summed E-state index contributed by atoms with van der Waals surface area (Å²) >= 11 is 0. The van der Waals surface area contributed by atoms with E-state index in [1.165, 1.54) is 11.1 Å². The van der Waals surface area contributed by atoms with E-state index in [2.05, 4.69) is 24.9 Å². The summed E-state index contributed by atoms with van der Waals surface area (Å²) in [6, 6.07) is 2.06. The first-order valence-electron chi connectivity index (χ1n) is 8.44. The van der Waals surface area contributed by atoms with Gasteiger partial charge in [-0.1, -0.05) is 20.3 Å². The zero-order valence-corrected chi connectivity index (χ0v) is 13.7. The van der Waals surface area contributed by atoms with Crippen molar-refractivity contribution < 1.29 is 14.3 Å². The molecule has 1 aromatic heterocycles. The number of nitrogens with zero attached hydrogens (tertiary/aromatic N) is 1. The van der Waals surface area contributed by atoms with Gasteiger partial charge in [0.25, 0.3) is 0 Å². The number of unbranched alkanes of at least 4 members (excludes halogenated alkanes) is 1. The summed E-state index contributed by atoms with van der Waals surface area (Å²) in [4.78, 5) is 16.6. The molecule has 3 rings (SSSR count). The van der Waals surface area contributed by atoms with E-state index in [0.717, 1.165) is 25.7 Å². The molecule has 2 aliphatic rings. The molecule has 1 heterocycles. The molecule has 22 heavy (non-hydrogen) atoms. The van der Waals surface area contributed by atoms with Gasteiger partial charge in [-0.3, -0.25) is 4.79 Å². The molecule has 3 atom stereocenters. The van der Waals surface area contributed by atoms with Gasteiger partial charge in [-0.2, -0.15) is 0 Å². The van der Waals surface area contributed by atoms with Crippen LogP contribution in [0.3, 0.4) is 0 Å². The predicted molar refractivity (Wildman–Crippen MR) is 83.9 cm³/mol. The Hall–Kier alpha value is -1.58.